The van der Waals surface area contributed by atoms with Crippen molar-refractivity contribution in [3.05, 3.63) is 29.3 Å². The molecule has 1 aromatic carbocycles. The molecule has 0 saturated heterocycles. The van der Waals surface area contributed by atoms with Crippen molar-refractivity contribution < 1.29 is 4.79 Å². The van der Waals surface area contributed by atoms with Crippen LogP contribution in [0.25, 0.3) is 0 Å². The number of carbonyl (C=O) groups excluding carboxylic acids is 1. The summed E-state index contributed by atoms with van der Waals surface area (Å²) in [5.41, 5.74) is 2.25. The molecule has 104 valence electrons. The molecule has 0 saturated carbocycles. The van der Waals surface area contributed by atoms with Crippen LogP contribution in [-0.4, -0.2) is 23.9 Å². The Labute approximate surface area is 122 Å². The average Bonchev–Trinajstić information content (AvgIpc) is 2.43. The fourth-order valence-electron chi connectivity index (χ4n) is 2.16. The maximum Gasteiger partial charge on any atom is 0.251 e. The molecule has 1 aliphatic rings. The third kappa shape index (κ3) is 2.78. The number of nitrogens with zero attached hydrogens (tertiary/aromatic N) is 2. The van der Waals surface area contributed by atoms with Gasteiger partial charge >= 0.3 is 0 Å². The van der Waals surface area contributed by atoms with E-state index in [1.807, 2.05) is 24.6 Å². The van der Waals surface area contributed by atoms with Crippen LogP contribution in [0.5, 0.6) is 0 Å². The van der Waals surface area contributed by atoms with Crippen molar-refractivity contribution in [2.45, 2.75) is 19.3 Å². The summed E-state index contributed by atoms with van der Waals surface area (Å²) in [6.07, 6.45) is 3.67. The summed E-state index contributed by atoms with van der Waals surface area (Å²) in [5, 5.41) is 14.5. The van der Waals surface area contributed by atoms with Crippen molar-refractivity contribution in [1.29, 1.82) is 5.26 Å². The second-order valence-corrected chi connectivity index (χ2v) is 5.95. The van der Waals surface area contributed by atoms with Gasteiger partial charge in [-0.3, -0.25) is 10.1 Å². The molecule has 1 amide bonds. The monoisotopic (exact) mass is 288 g/mol. The third-order valence-electron chi connectivity index (χ3n) is 3.25. The zero-order valence-corrected chi connectivity index (χ0v) is 12.5. The summed E-state index contributed by atoms with van der Waals surface area (Å²) in [4.78, 5) is 16.3. The third-order valence-corrected chi connectivity index (χ3v) is 3.83. The summed E-state index contributed by atoms with van der Waals surface area (Å²) >= 11 is 1.34. The fourth-order valence-corrected chi connectivity index (χ4v) is 2.51. The molecule has 0 fully saturated rings. The van der Waals surface area contributed by atoms with Gasteiger partial charge in [0, 0.05) is 17.5 Å². The molecule has 5 nitrogen and oxygen atoms in total. The molecule has 20 heavy (non-hydrogen) atoms. The smallest absolute Gasteiger partial charge is 0.251 e. The van der Waals surface area contributed by atoms with Crippen molar-refractivity contribution in [1.82, 2.24) is 10.6 Å². The first kappa shape index (κ1) is 14.4. The Bertz CT molecular complexity index is 616. The van der Waals surface area contributed by atoms with E-state index in [9.17, 15) is 4.79 Å². The Balaban J connectivity index is 2.44. The molecule has 1 aliphatic heterocycles. The van der Waals surface area contributed by atoms with E-state index in [0.717, 1.165) is 5.56 Å². The van der Waals surface area contributed by atoms with Gasteiger partial charge in [-0.1, -0.05) is 31.7 Å². The molecule has 0 radical (unpaired) electrons. The molecule has 0 bridgehead atoms. The number of benzene rings is 1. The minimum absolute atomic E-state index is 0.0738. The number of aliphatic imine (C=N–C) groups is 1. The van der Waals surface area contributed by atoms with Crippen LogP contribution in [0.2, 0.25) is 0 Å². The van der Waals surface area contributed by atoms with Crippen molar-refractivity contribution in [3.63, 3.8) is 0 Å². The Morgan fingerprint density at radius 1 is 1.55 bits per heavy atom. The SMILES string of the molecule is CSC(=Nc1ccc2c(c1)C(=O)NCC2(C)C)NC#N. The highest BCUT2D eigenvalue weighted by molar-refractivity contribution is 8.13. The molecule has 2 N–H and O–H groups in total. The van der Waals surface area contributed by atoms with Gasteiger partial charge in [0.1, 0.15) is 0 Å². The Morgan fingerprint density at radius 3 is 2.95 bits per heavy atom. The second-order valence-electron chi connectivity index (χ2n) is 5.15. The lowest BCUT2D eigenvalue weighted by molar-refractivity contribution is 0.0930. The van der Waals surface area contributed by atoms with Crippen LogP contribution in [-0.2, 0) is 5.41 Å². The van der Waals surface area contributed by atoms with Gasteiger partial charge < -0.3 is 5.32 Å². The van der Waals surface area contributed by atoms with E-state index in [0.29, 0.717) is 23.0 Å². The number of hydrogen-bond acceptors (Lipinski definition) is 4. The summed E-state index contributed by atoms with van der Waals surface area (Å²) in [7, 11) is 0. The highest BCUT2D eigenvalue weighted by atomic mass is 32.2. The van der Waals surface area contributed by atoms with E-state index in [4.69, 9.17) is 5.26 Å². The van der Waals surface area contributed by atoms with E-state index in [-0.39, 0.29) is 11.3 Å². The van der Waals surface area contributed by atoms with E-state index >= 15 is 0 Å². The van der Waals surface area contributed by atoms with Crippen LogP contribution < -0.4 is 10.6 Å². The highest BCUT2D eigenvalue weighted by Crippen LogP contribution is 2.32. The maximum atomic E-state index is 12.0. The first-order valence-corrected chi connectivity index (χ1v) is 7.41. The zero-order valence-electron chi connectivity index (χ0n) is 11.7. The molecular formula is C14H16N4OS. The normalized spacial score (nSPS) is 16.9. The molecule has 0 aliphatic carbocycles. The molecule has 0 spiro atoms. The number of nitriles is 1. The predicted octanol–water partition coefficient (Wildman–Crippen LogP) is 2.13. The number of carbonyl (C=O) groups is 1. The van der Waals surface area contributed by atoms with Gasteiger partial charge in [-0.15, -0.1) is 0 Å². The lowest BCUT2D eigenvalue weighted by Gasteiger charge is -2.32. The number of thioether (sulfide) groups is 1. The average molecular weight is 288 g/mol. The molecule has 0 unspecified atom stereocenters. The van der Waals surface area contributed by atoms with Crippen LogP contribution in [0, 0.1) is 11.5 Å². The van der Waals surface area contributed by atoms with Crippen LogP contribution >= 0.6 is 11.8 Å². The lowest BCUT2D eigenvalue weighted by atomic mass is 9.79. The Morgan fingerprint density at radius 2 is 2.30 bits per heavy atom. The van der Waals surface area contributed by atoms with Crippen molar-refractivity contribution in [2.24, 2.45) is 4.99 Å². The molecule has 6 heteroatoms. The van der Waals surface area contributed by atoms with Crippen LogP contribution in [0.3, 0.4) is 0 Å². The van der Waals surface area contributed by atoms with Crippen LogP contribution in [0.1, 0.15) is 29.8 Å². The molecule has 1 heterocycles. The molecule has 0 aromatic heterocycles. The second kappa shape index (κ2) is 5.55. The molecule has 2 rings (SSSR count). The number of fused-ring (bicyclic) bond motifs is 1. The van der Waals surface area contributed by atoms with E-state index in [1.165, 1.54) is 11.8 Å². The van der Waals surface area contributed by atoms with Crippen molar-refractivity contribution >= 4 is 28.5 Å². The van der Waals surface area contributed by atoms with E-state index in [2.05, 4.69) is 29.5 Å². The predicted molar refractivity (Wildman–Crippen MR) is 81.2 cm³/mol. The number of nitrogens with one attached hydrogen (secondary N) is 2. The lowest BCUT2D eigenvalue weighted by Crippen LogP contribution is -2.43. The summed E-state index contributed by atoms with van der Waals surface area (Å²) in [5.74, 6) is -0.0738. The van der Waals surface area contributed by atoms with Gasteiger partial charge in [-0.05, 0) is 24.0 Å². The summed E-state index contributed by atoms with van der Waals surface area (Å²) < 4.78 is 0. The first-order valence-electron chi connectivity index (χ1n) is 6.18. The Hall–Kier alpha value is -2.00. The standard InChI is InChI=1S/C14H16N4OS/c1-14(2)7-16-12(19)10-6-9(4-5-11(10)14)18-13(20-3)17-8-15/h4-6H,7H2,1-3H3,(H,16,19)(H,17,18). The maximum absolute atomic E-state index is 12.0. The Kier molecular flexibility index (Phi) is 4.00. The van der Waals surface area contributed by atoms with Gasteiger partial charge in [0.05, 0.1) is 5.69 Å². The highest BCUT2D eigenvalue weighted by Gasteiger charge is 2.31. The minimum Gasteiger partial charge on any atom is -0.351 e. The van der Waals surface area contributed by atoms with E-state index < -0.39 is 0 Å². The number of amidine groups is 1. The topological polar surface area (TPSA) is 77.3 Å². The summed E-state index contributed by atoms with van der Waals surface area (Å²) in [6.45, 7) is 4.82. The summed E-state index contributed by atoms with van der Waals surface area (Å²) in [6, 6.07) is 5.58. The van der Waals surface area contributed by atoms with Gasteiger partial charge in [-0.2, -0.15) is 5.26 Å². The number of hydrogen-bond donors (Lipinski definition) is 2. The van der Waals surface area contributed by atoms with E-state index in [1.54, 1.807) is 6.07 Å². The van der Waals surface area contributed by atoms with Crippen molar-refractivity contribution in [3.8, 4) is 6.19 Å². The molecule has 0 atom stereocenters. The zero-order chi connectivity index (χ0) is 14.8. The number of rotatable bonds is 1. The molecule has 1 aromatic rings. The van der Waals surface area contributed by atoms with Gasteiger partial charge in [0.25, 0.3) is 5.91 Å². The quantitative estimate of drug-likeness (QED) is 0.359. The largest absolute Gasteiger partial charge is 0.351 e. The van der Waals surface area contributed by atoms with Crippen LogP contribution in [0.4, 0.5) is 5.69 Å². The minimum atomic E-state index is -0.0846. The number of amides is 1. The fraction of sp³-hybridized carbons (Fsp3) is 0.357. The molecular weight excluding hydrogens is 272 g/mol. The van der Waals surface area contributed by atoms with Crippen LogP contribution in [0.15, 0.2) is 23.2 Å². The van der Waals surface area contributed by atoms with Gasteiger partial charge in [0.2, 0.25) is 0 Å². The van der Waals surface area contributed by atoms with Gasteiger partial charge in [0.15, 0.2) is 11.4 Å². The van der Waals surface area contributed by atoms with Gasteiger partial charge in [-0.25, -0.2) is 4.99 Å². The van der Waals surface area contributed by atoms with Crippen molar-refractivity contribution in [2.75, 3.05) is 12.8 Å². The first-order chi connectivity index (χ1) is 9.47.